The van der Waals surface area contributed by atoms with Crippen molar-refractivity contribution >= 4 is 5.97 Å². The molecule has 2 aliphatic heterocycles. The van der Waals surface area contributed by atoms with Gasteiger partial charge in [-0.1, -0.05) is 0 Å². The van der Waals surface area contributed by atoms with Gasteiger partial charge in [-0.3, -0.25) is 9.69 Å². The number of carbonyl (C=O) groups is 1. The fourth-order valence-corrected chi connectivity index (χ4v) is 5.02. The number of fused-ring (bicyclic) bond motifs is 3. The van der Waals surface area contributed by atoms with E-state index in [1.54, 1.807) is 0 Å². The largest absolute Gasteiger partial charge is 0.481 e. The first-order valence-corrected chi connectivity index (χ1v) is 8.28. The Morgan fingerprint density at radius 1 is 1.29 bits per heavy atom. The Kier molecular flexibility index (Phi) is 3.29. The SMILES string of the molecule is O=C(O)CC1CC2CCC(C1)N2C1CCCc2occc21. The zero-order valence-electron chi connectivity index (χ0n) is 12.3. The van der Waals surface area contributed by atoms with E-state index in [2.05, 4.69) is 11.0 Å². The molecule has 0 spiro atoms. The van der Waals surface area contributed by atoms with Crippen LogP contribution in [0.1, 0.15) is 62.3 Å². The van der Waals surface area contributed by atoms with Crippen molar-refractivity contribution in [1.29, 1.82) is 0 Å². The normalized spacial score (nSPS) is 35.6. The number of carboxylic acids is 1. The van der Waals surface area contributed by atoms with Gasteiger partial charge in [0.1, 0.15) is 5.76 Å². The van der Waals surface area contributed by atoms with Gasteiger partial charge < -0.3 is 9.52 Å². The molecule has 21 heavy (non-hydrogen) atoms. The quantitative estimate of drug-likeness (QED) is 0.927. The Balaban J connectivity index is 1.55. The molecule has 1 aromatic heterocycles. The van der Waals surface area contributed by atoms with Gasteiger partial charge in [-0.2, -0.15) is 0 Å². The van der Waals surface area contributed by atoms with E-state index >= 15 is 0 Å². The van der Waals surface area contributed by atoms with E-state index in [1.165, 1.54) is 37.0 Å². The van der Waals surface area contributed by atoms with Crippen molar-refractivity contribution in [2.75, 3.05) is 0 Å². The van der Waals surface area contributed by atoms with Crippen molar-refractivity contribution in [2.45, 2.75) is 69.5 Å². The summed E-state index contributed by atoms with van der Waals surface area (Å²) in [5.41, 5.74) is 1.40. The van der Waals surface area contributed by atoms with E-state index in [0.29, 0.717) is 30.5 Å². The monoisotopic (exact) mass is 289 g/mol. The molecule has 4 rings (SSSR count). The number of hydrogen-bond donors (Lipinski definition) is 1. The van der Waals surface area contributed by atoms with Gasteiger partial charge in [0.15, 0.2) is 0 Å². The smallest absolute Gasteiger partial charge is 0.303 e. The molecule has 114 valence electrons. The third kappa shape index (κ3) is 2.30. The minimum absolute atomic E-state index is 0.350. The summed E-state index contributed by atoms with van der Waals surface area (Å²) in [6.45, 7) is 0. The Morgan fingerprint density at radius 2 is 2.05 bits per heavy atom. The van der Waals surface area contributed by atoms with Gasteiger partial charge in [-0.05, 0) is 50.5 Å². The number of piperidine rings is 1. The molecule has 1 aliphatic carbocycles. The Hall–Kier alpha value is -1.29. The van der Waals surface area contributed by atoms with Gasteiger partial charge in [0.25, 0.3) is 0 Å². The van der Waals surface area contributed by atoms with E-state index in [1.807, 2.05) is 6.26 Å². The molecule has 4 nitrogen and oxygen atoms in total. The maximum atomic E-state index is 11.0. The summed E-state index contributed by atoms with van der Waals surface area (Å²) >= 11 is 0. The van der Waals surface area contributed by atoms with E-state index in [0.717, 1.165) is 19.3 Å². The molecular weight excluding hydrogens is 266 g/mol. The predicted octanol–water partition coefficient (Wildman–Crippen LogP) is 3.37. The van der Waals surface area contributed by atoms with Crippen LogP contribution in [0.15, 0.2) is 16.7 Å². The molecule has 2 saturated heterocycles. The number of carboxylic acid groups (broad SMARTS) is 1. The van der Waals surface area contributed by atoms with E-state index in [4.69, 9.17) is 9.52 Å². The second kappa shape index (κ2) is 5.16. The van der Waals surface area contributed by atoms with Gasteiger partial charge >= 0.3 is 5.97 Å². The van der Waals surface area contributed by atoms with Crippen LogP contribution >= 0.6 is 0 Å². The van der Waals surface area contributed by atoms with Crippen LogP contribution in [0.25, 0.3) is 0 Å². The van der Waals surface area contributed by atoms with E-state index < -0.39 is 5.97 Å². The average Bonchev–Trinajstić information content (AvgIpc) is 3.01. The first-order valence-electron chi connectivity index (χ1n) is 8.28. The molecule has 4 heteroatoms. The molecule has 1 aromatic rings. The fraction of sp³-hybridized carbons (Fsp3) is 0.706. The van der Waals surface area contributed by atoms with E-state index in [-0.39, 0.29) is 0 Å². The van der Waals surface area contributed by atoms with Gasteiger partial charge in [0, 0.05) is 36.5 Å². The Labute approximate surface area is 125 Å². The minimum Gasteiger partial charge on any atom is -0.481 e. The van der Waals surface area contributed by atoms with Crippen LogP contribution in [0.5, 0.6) is 0 Å². The summed E-state index contributed by atoms with van der Waals surface area (Å²) in [6, 6.07) is 3.83. The highest BCUT2D eigenvalue weighted by atomic mass is 16.4. The van der Waals surface area contributed by atoms with E-state index in [9.17, 15) is 4.79 Å². The lowest BCUT2D eigenvalue weighted by molar-refractivity contribution is -0.138. The molecule has 3 aliphatic rings. The van der Waals surface area contributed by atoms with Crippen molar-refractivity contribution in [3.05, 3.63) is 23.7 Å². The second-order valence-electron chi connectivity index (χ2n) is 6.97. The predicted molar refractivity (Wildman–Crippen MR) is 78.0 cm³/mol. The molecule has 1 N–H and O–H groups in total. The topological polar surface area (TPSA) is 53.7 Å². The van der Waals surface area contributed by atoms with Crippen LogP contribution in [-0.4, -0.2) is 28.1 Å². The number of aliphatic carboxylic acids is 1. The van der Waals surface area contributed by atoms with Crippen molar-refractivity contribution in [1.82, 2.24) is 4.90 Å². The summed E-state index contributed by atoms with van der Waals surface area (Å²) in [5, 5.41) is 9.05. The number of nitrogens with zero attached hydrogens (tertiary/aromatic N) is 1. The summed E-state index contributed by atoms with van der Waals surface area (Å²) < 4.78 is 5.64. The molecule has 2 fully saturated rings. The first kappa shape index (κ1) is 13.4. The highest BCUT2D eigenvalue weighted by Crippen LogP contribution is 2.47. The van der Waals surface area contributed by atoms with Crippen molar-refractivity contribution in [3.63, 3.8) is 0 Å². The van der Waals surface area contributed by atoms with Crippen LogP contribution in [0, 0.1) is 5.92 Å². The third-order valence-electron chi connectivity index (χ3n) is 5.73. The Morgan fingerprint density at radius 3 is 2.76 bits per heavy atom. The Bertz CT molecular complexity index is 524. The maximum absolute atomic E-state index is 11.0. The molecule has 0 saturated carbocycles. The second-order valence-corrected chi connectivity index (χ2v) is 6.97. The summed E-state index contributed by atoms with van der Waals surface area (Å²) in [5.74, 6) is 0.921. The lowest BCUT2D eigenvalue weighted by Crippen LogP contribution is -2.46. The minimum atomic E-state index is -0.636. The van der Waals surface area contributed by atoms with Gasteiger partial charge in [0.05, 0.1) is 6.26 Å². The molecule has 0 aromatic carbocycles. The standard InChI is InChI=1S/C17H23NO3/c19-17(20)10-11-8-12-4-5-13(9-11)18(12)15-2-1-3-16-14(15)6-7-21-16/h6-7,11-13,15H,1-5,8-10H2,(H,19,20). The molecule has 0 radical (unpaired) electrons. The maximum Gasteiger partial charge on any atom is 0.303 e. The number of rotatable bonds is 3. The number of furan rings is 1. The molecule has 3 unspecified atom stereocenters. The van der Waals surface area contributed by atoms with Crippen LogP contribution in [-0.2, 0) is 11.2 Å². The van der Waals surface area contributed by atoms with Crippen molar-refractivity contribution in [3.8, 4) is 0 Å². The van der Waals surface area contributed by atoms with Crippen molar-refractivity contribution < 1.29 is 14.3 Å². The first-order chi connectivity index (χ1) is 10.2. The highest BCUT2D eigenvalue weighted by Gasteiger charge is 2.45. The average molecular weight is 289 g/mol. The lowest BCUT2D eigenvalue weighted by Gasteiger charge is -2.44. The van der Waals surface area contributed by atoms with Gasteiger partial charge in [-0.25, -0.2) is 0 Å². The van der Waals surface area contributed by atoms with Crippen LogP contribution in [0.3, 0.4) is 0 Å². The third-order valence-corrected chi connectivity index (χ3v) is 5.73. The van der Waals surface area contributed by atoms with Gasteiger partial charge in [-0.15, -0.1) is 0 Å². The fourth-order valence-electron chi connectivity index (χ4n) is 5.02. The summed E-state index contributed by atoms with van der Waals surface area (Å²) in [6.07, 6.45) is 10.3. The molecule has 3 heterocycles. The van der Waals surface area contributed by atoms with Crippen LogP contribution in [0.4, 0.5) is 0 Å². The zero-order chi connectivity index (χ0) is 14.4. The molecule has 3 atom stereocenters. The zero-order valence-corrected chi connectivity index (χ0v) is 12.3. The molecular formula is C17H23NO3. The van der Waals surface area contributed by atoms with Crippen LogP contribution < -0.4 is 0 Å². The van der Waals surface area contributed by atoms with Crippen molar-refractivity contribution in [2.24, 2.45) is 5.92 Å². The summed E-state index contributed by atoms with van der Waals surface area (Å²) in [7, 11) is 0. The number of aryl methyl sites for hydroxylation is 1. The van der Waals surface area contributed by atoms with Gasteiger partial charge in [0.2, 0.25) is 0 Å². The number of hydrogen-bond acceptors (Lipinski definition) is 3. The highest BCUT2D eigenvalue weighted by molar-refractivity contribution is 5.67. The lowest BCUT2D eigenvalue weighted by atomic mass is 9.84. The molecule has 0 amide bonds. The summed E-state index contributed by atoms with van der Waals surface area (Å²) in [4.78, 5) is 13.7. The van der Waals surface area contributed by atoms with Crippen LogP contribution in [0.2, 0.25) is 0 Å². The molecule has 2 bridgehead atoms.